The SMILES string of the molecule is O=[N+]([O-])c1ccc(-c2ccc(-n3nc(C(F)(F)F)cc3-c3ccco3)cc2)c([N+](=O)[O-])c1. The van der Waals surface area contributed by atoms with E-state index in [-0.39, 0.29) is 22.7 Å². The van der Waals surface area contributed by atoms with Crippen LogP contribution < -0.4 is 0 Å². The highest BCUT2D eigenvalue weighted by molar-refractivity contribution is 5.76. The molecular formula is C20H11F3N4O5. The molecule has 0 bridgehead atoms. The fraction of sp³-hybridized carbons (Fsp3) is 0.0500. The van der Waals surface area contributed by atoms with Gasteiger partial charge in [-0.2, -0.15) is 18.3 Å². The number of nitro groups is 2. The lowest BCUT2D eigenvalue weighted by atomic mass is 10.0. The molecule has 0 radical (unpaired) electrons. The summed E-state index contributed by atoms with van der Waals surface area (Å²) in [6, 6.07) is 12.9. The molecule has 0 amide bonds. The van der Waals surface area contributed by atoms with Gasteiger partial charge in [0.15, 0.2) is 11.5 Å². The Labute approximate surface area is 176 Å². The predicted octanol–water partition coefficient (Wildman–Crippen LogP) is 5.63. The molecule has 0 spiro atoms. The molecule has 12 heteroatoms. The van der Waals surface area contributed by atoms with Crippen molar-refractivity contribution in [2.45, 2.75) is 6.18 Å². The second-order valence-corrected chi connectivity index (χ2v) is 6.56. The number of non-ortho nitro benzene ring substituents is 1. The molecule has 0 aliphatic heterocycles. The Hall–Kier alpha value is -4.48. The number of aromatic nitrogens is 2. The van der Waals surface area contributed by atoms with Crippen molar-refractivity contribution >= 4 is 11.4 Å². The number of hydrogen-bond acceptors (Lipinski definition) is 6. The van der Waals surface area contributed by atoms with Crippen LogP contribution in [0.15, 0.2) is 71.3 Å². The van der Waals surface area contributed by atoms with Crippen molar-refractivity contribution < 1.29 is 27.4 Å². The largest absolute Gasteiger partial charge is 0.463 e. The van der Waals surface area contributed by atoms with E-state index in [1.54, 1.807) is 0 Å². The van der Waals surface area contributed by atoms with Gasteiger partial charge in [0.05, 0.1) is 33.4 Å². The van der Waals surface area contributed by atoms with Crippen LogP contribution in [0.2, 0.25) is 0 Å². The molecule has 32 heavy (non-hydrogen) atoms. The van der Waals surface area contributed by atoms with Gasteiger partial charge in [0, 0.05) is 12.1 Å². The summed E-state index contributed by atoms with van der Waals surface area (Å²) in [7, 11) is 0. The maximum absolute atomic E-state index is 13.2. The first-order valence-electron chi connectivity index (χ1n) is 8.90. The monoisotopic (exact) mass is 444 g/mol. The highest BCUT2D eigenvalue weighted by Gasteiger charge is 2.35. The molecule has 0 saturated carbocycles. The van der Waals surface area contributed by atoms with Crippen LogP contribution in [0.25, 0.3) is 28.3 Å². The minimum Gasteiger partial charge on any atom is -0.463 e. The number of alkyl halides is 3. The van der Waals surface area contributed by atoms with E-state index in [0.29, 0.717) is 5.56 Å². The summed E-state index contributed by atoms with van der Waals surface area (Å²) < 4.78 is 45.9. The molecule has 0 N–H and O–H groups in total. The Bertz CT molecular complexity index is 1310. The van der Waals surface area contributed by atoms with Crippen LogP contribution in [-0.4, -0.2) is 19.6 Å². The minimum absolute atomic E-state index is 0.0661. The fourth-order valence-electron chi connectivity index (χ4n) is 3.13. The second-order valence-electron chi connectivity index (χ2n) is 6.56. The number of nitro benzene ring substituents is 2. The summed E-state index contributed by atoms with van der Waals surface area (Å²) in [5, 5.41) is 25.9. The van der Waals surface area contributed by atoms with Crippen molar-refractivity contribution in [3.63, 3.8) is 0 Å². The second kappa shape index (κ2) is 7.65. The minimum atomic E-state index is -4.67. The van der Waals surface area contributed by atoms with E-state index in [9.17, 15) is 33.4 Å². The Balaban J connectivity index is 1.78. The van der Waals surface area contributed by atoms with E-state index >= 15 is 0 Å². The maximum atomic E-state index is 13.2. The summed E-state index contributed by atoms with van der Waals surface area (Å²) in [4.78, 5) is 20.8. The van der Waals surface area contributed by atoms with E-state index in [0.717, 1.165) is 22.9 Å². The molecule has 162 valence electrons. The summed E-state index contributed by atoms with van der Waals surface area (Å²) in [5.74, 6) is 0.170. The first-order chi connectivity index (χ1) is 15.1. The van der Waals surface area contributed by atoms with Crippen molar-refractivity contribution in [1.82, 2.24) is 9.78 Å². The molecule has 2 aromatic heterocycles. The number of nitrogens with zero attached hydrogens (tertiary/aromatic N) is 4. The Kier molecular flexibility index (Phi) is 4.97. The summed E-state index contributed by atoms with van der Waals surface area (Å²) >= 11 is 0. The van der Waals surface area contributed by atoms with Crippen molar-refractivity contribution in [1.29, 1.82) is 0 Å². The first-order valence-corrected chi connectivity index (χ1v) is 8.90. The van der Waals surface area contributed by atoms with Gasteiger partial charge in [-0.05, 0) is 35.9 Å². The molecule has 0 aliphatic rings. The van der Waals surface area contributed by atoms with Gasteiger partial charge in [-0.3, -0.25) is 20.2 Å². The highest BCUT2D eigenvalue weighted by atomic mass is 19.4. The Morgan fingerprint density at radius 1 is 0.938 bits per heavy atom. The van der Waals surface area contributed by atoms with Crippen molar-refractivity contribution in [3.8, 4) is 28.3 Å². The summed E-state index contributed by atoms with van der Waals surface area (Å²) in [6.45, 7) is 0. The van der Waals surface area contributed by atoms with Crippen LogP contribution in [-0.2, 0) is 6.18 Å². The molecule has 4 aromatic rings. The normalized spacial score (nSPS) is 11.5. The molecule has 2 aromatic carbocycles. The lowest BCUT2D eigenvalue weighted by Crippen LogP contribution is -2.07. The van der Waals surface area contributed by atoms with Gasteiger partial charge in [0.2, 0.25) is 0 Å². The molecule has 0 fully saturated rings. The van der Waals surface area contributed by atoms with E-state index < -0.39 is 33.1 Å². The lowest BCUT2D eigenvalue weighted by Gasteiger charge is -2.08. The number of furan rings is 1. The first kappa shape index (κ1) is 20.8. The van der Waals surface area contributed by atoms with Crippen LogP contribution in [0, 0.1) is 20.2 Å². The van der Waals surface area contributed by atoms with Crippen LogP contribution in [0.5, 0.6) is 0 Å². The summed E-state index contributed by atoms with van der Waals surface area (Å²) in [6.07, 6.45) is -3.36. The predicted molar refractivity (Wildman–Crippen MR) is 105 cm³/mol. The zero-order valence-corrected chi connectivity index (χ0v) is 15.8. The molecule has 4 rings (SSSR count). The zero-order chi connectivity index (χ0) is 23.0. The average Bonchev–Trinajstić information content (AvgIpc) is 3.43. The third-order valence-electron chi connectivity index (χ3n) is 4.59. The van der Waals surface area contributed by atoms with Crippen molar-refractivity contribution in [3.05, 3.63) is 92.8 Å². The average molecular weight is 444 g/mol. The van der Waals surface area contributed by atoms with Crippen LogP contribution >= 0.6 is 0 Å². The topological polar surface area (TPSA) is 117 Å². The van der Waals surface area contributed by atoms with E-state index in [4.69, 9.17) is 4.42 Å². The molecule has 0 aliphatic carbocycles. The smallest absolute Gasteiger partial charge is 0.435 e. The molecule has 9 nitrogen and oxygen atoms in total. The summed E-state index contributed by atoms with van der Waals surface area (Å²) in [5.41, 5.74) is -1.23. The molecule has 0 atom stereocenters. The molecular weight excluding hydrogens is 433 g/mol. The highest BCUT2D eigenvalue weighted by Crippen LogP contribution is 2.36. The quantitative estimate of drug-likeness (QED) is 0.291. The molecule has 2 heterocycles. The van der Waals surface area contributed by atoms with E-state index in [1.807, 2.05) is 0 Å². The van der Waals surface area contributed by atoms with E-state index in [1.165, 1.54) is 48.7 Å². The van der Waals surface area contributed by atoms with Gasteiger partial charge in [0.25, 0.3) is 11.4 Å². The van der Waals surface area contributed by atoms with Crippen LogP contribution in [0.4, 0.5) is 24.5 Å². The standard InChI is InChI=1S/C20H11F3N4O5/c21-20(22,23)19-11-17(18-2-1-9-32-18)25(24-19)13-5-3-12(4-6-13)15-8-7-14(26(28)29)10-16(15)27(30)31/h1-11H. The van der Waals surface area contributed by atoms with Gasteiger partial charge in [-0.25, -0.2) is 4.68 Å². The molecule has 0 unspecified atom stereocenters. The van der Waals surface area contributed by atoms with Crippen LogP contribution in [0.1, 0.15) is 5.69 Å². The van der Waals surface area contributed by atoms with Crippen molar-refractivity contribution in [2.75, 3.05) is 0 Å². The number of halogens is 3. The number of benzene rings is 2. The Morgan fingerprint density at radius 3 is 2.22 bits per heavy atom. The van der Waals surface area contributed by atoms with Gasteiger partial charge in [0.1, 0.15) is 5.69 Å². The maximum Gasteiger partial charge on any atom is 0.435 e. The van der Waals surface area contributed by atoms with Crippen LogP contribution in [0.3, 0.4) is 0 Å². The van der Waals surface area contributed by atoms with Gasteiger partial charge >= 0.3 is 6.18 Å². The van der Waals surface area contributed by atoms with Gasteiger partial charge in [-0.1, -0.05) is 12.1 Å². The fourth-order valence-corrected chi connectivity index (χ4v) is 3.13. The van der Waals surface area contributed by atoms with E-state index in [2.05, 4.69) is 5.10 Å². The van der Waals surface area contributed by atoms with Gasteiger partial charge < -0.3 is 4.42 Å². The zero-order valence-electron chi connectivity index (χ0n) is 15.8. The van der Waals surface area contributed by atoms with Gasteiger partial charge in [-0.15, -0.1) is 0 Å². The third kappa shape index (κ3) is 3.80. The number of rotatable bonds is 5. The third-order valence-corrected chi connectivity index (χ3v) is 4.59. The lowest BCUT2D eigenvalue weighted by molar-refractivity contribution is -0.393. The van der Waals surface area contributed by atoms with Crippen molar-refractivity contribution in [2.24, 2.45) is 0 Å². The molecule has 0 saturated heterocycles. The number of hydrogen-bond donors (Lipinski definition) is 0. The Morgan fingerprint density at radius 2 is 1.66 bits per heavy atom.